The number of carboxylic acids is 1. The van der Waals surface area contributed by atoms with Crippen LogP contribution >= 0.6 is 22.7 Å². The normalized spacial score (nSPS) is 12.8. The molecule has 0 spiro atoms. The number of amides is 5. The van der Waals surface area contributed by atoms with Crippen LogP contribution in [-0.4, -0.2) is 72.9 Å². The summed E-state index contributed by atoms with van der Waals surface area (Å²) in [5.74, 6) is -4.30. The number of hydrogen-bond acceptors (Lipinski definition) is 11. The third-order valence-corrected chi connectivity index (χ3v) is 12.1. The second kappa shape index (κ2) is 19.6. The number of aromatic carboxylic acids is 1. The molecule has 2 saturated carbocycles. The number of carboxylic acid groups (broad SMARTS) is 1. The number of nitrogens with zero attached hydrogens (tertiary/aromatic N) is 3. The predicted octanol–water partition coefficient (Wildman–Crippen LogP) is 8.48. The molecule has 0 radical (unpaired) electrons. The molecule has 7 aromatic rings. The van der Waals surface area contributed by atoms with Gasteiger partial charge in [-0.25, -0.2) is 23.5 Å². The van der Waals surface area contributed by atoms with Crippen molar-refractivity contribution in [3.05, 3.63) is 152 Å². The summed E-state index contributed by atoms with van der Waals surface area (Å²) in [5.41, 5.74) is 2.50. The van der Waals surface area contributed by atoms with Crippen LogP contribution in [0.1, 0.15) is 99.0 Å². The second-order valence-corrected chi connectivity index (χ2v) is 17.4. The fourth-order valence-electron chi connectivity index (χ4n) is 6.80. The molecule has 5 amide bonds. The van der Waals surface area contributed by atoms with Gasteiger partial charge in [-0.2, -0.15) is 5.10 Å². The molecule has 3 heterocycles. The fraction of sp³-hybridized carbons (Fsp3) is 0.170. The van der Waals surface area contributed by atoms with Gasteiger partial charge < -0.3 is 21.1 Å². The van der Waals surface area contributed by atoms with Crippen LogP contribution in [0.2, 0.25) is 0 Å². The number of rotatable bonds is 13. The van der Waals surface area contributed by atoms with Gasteiger partial charge in [0.05, 0.1) is 11.8 Å². The predicted molar refractivity (Wildman–Crippen MR) is 248 cm³/mol. The van der Waals surface area contributed by atoms with E-state index >= 15 is 0 Å². The van der Waals surface area contributed by atoms with E-state index in [0.717, 1.165) is 31.7 Å². The summed E-state index contributed by atoms with van der Waals surface area (Å²) in [7, 11) is 0. The molecule has 3 aromatic heterocycles. The van der Waals surface area contributed by atoms with Crippen LogP contribution in [0, 0.1) is 25.5 Å². The molecule has 0 atom stereocenters. The summed E-state index contributed by atoms with van der Waals surface area (Å²) in [5, 5.41) is 33.6. The highest BCUT2D eigenvalue weighted by atomic mass is 32.1. The van der Waals surface area contributed by atoms with Crippen molar-refractivity contribution in [3.8, 4) is 22.3 Å². The summed E-state index contributed by atoms with van der Waals surface area (Å²) in [4.78, 5) is 83.7. The highest BCUT2D eigenvalue weighted by Gasteiger charge is 2.28. The van der Waals surface area contributed by atoms with E-state index in [1.807, 2.05) is 0 Å². The zero-order chi connectivity index (χ0) is 47.4. The zero-order valence-electron chi connectivity index (χ0n) is 35.5. The smallest absolute Gasteiger partial charge is 0.335 e. The lowest BCUT2D eigenvalue weighted by Gasteiger charge is -2.15. The molecule has 7 N–H and O–H groups in total. The number of benzene rings is 4. The van der Waals surface area contributed by atoms with Crippen LogP contribution in [0.4, 0.5) is 24.9 Å². The molecule has 2 fully saturated rings. The van der Waals surface area contributed by atoms with Gasteiger partial charge in [0.2, 0.25) is 0 Å². The Morgan fingerprint density at radius 3 is 1.46 bits per heavy atom. The van der Waals surface area contributed by atoms with Crippen molar-refractivity contribution in [1.29, 1.82) is 0 Å². The molecular formula is C47H39F2N9O7S2. The van der Waals surface area contributed by atoms with Crippen molar-refractivity contribution in [1.82, 2.24) is 30.8 Å². The first-order chi connectivity index (χ1) is 32.2. The maximum Gasteiger partial charge on any atom is 0.335 e. The Morgan fingerprint density at radius 1 is 0.567 bits per heavy atom. The number of carbonyl (C=O) groups is 6. The topological polar surface area (TPSA) is 237 Å². The Hall–Kier alpha value is -7.97. The Morgan fingerprint density at radius 2 is 1.04 bits per heavy atom. The van der Waals surface area contributed by atoms with Gasteiger partial charge in [-0.1, -0.05) is 12.1 Å². The quantitative estimate of drug-likeness (QED) is 0.0582. The van der Waals surface area contributed by atoms with Crippen LogP contribution in [0.5, 0.6) is 0 Å². The number of nitrogens with one attached hydrogen (secondary N) is 6. The number of halogens is 2. The van der Waals surface area contributed by atoms with Crippen molar-refractivity contribution in [3.63, 3.8) is 0 Å². The highest BCUT2D eigenvalue weighted by Crippen LogP contribution is 2.34. The van der Waals surface area contributed by atoms with Crippen molar-refractivity contribution in [2.75, 3.05) is 16.0 Å². The monoisotopic (exact) mass is 943 g/mol. The van der Waals surface area contributed by atoms with Crippen LogP contribution < -0.4 is 26.6 Å². The van der Waals surface area contributed by atoms with Gasteiger partial charge in [-0.15, -0.1) is 22.7 Å². The molecule has 0 saturated heterocycles. The largest absolute Gasteiger partial charge is 0.478 e. The van der Waals surface area contributed by atoms with Gasteiger partial charge in [0.15, 0.2) is 10.3 Å². The van der Waals surface area contributed by atoms with Crippen LogP contribution in [0.25, 0.3) is 22.3 Å². The van der Waals surface area contributed by atoms with E-state index in [4.69, 9.17) is 0 Å². The van der Waals surface area contributed by atoms with Crippen LogP contribution in [-0.2, 0) is 0 Å². The molecule has 16 nitrogen and oxygen atoms in total. The zero-order valence-corrected chi connectivity index (χ0v) is 37.2. The molecule has 9 rings (SSSR count). The third-order valence-electron chi connectivity index (χ3n) is 10.7. The average Bonchev–Trinajstić information content (AvgIpc) is 4.08. The molecule has 2 aliphatic rings. The number of aromatic amines is 1. The Labute approximate surface area is 388 Å². The molecule has 0 bridgehead atoms. The van der Waals surface area contributed by atoms with Gasteiger partial charge in [-0.3, -0.25) is 39.7 Å². The van der Waals surface area contributed by atoms with Gasteiger partial charge in [0.25, 0.3) is 29.5 Å². The first kappa shape index (κ1) is 45.6. The first-order valence-corrected chi connectivity index (χ1v) is 22.4. The molecule has 4 aromatic carbocycles. The molecule has 20 heteroatoms. The van der Waals surface area contributed by atoms with E-state index in [1.165, 1.54) is 77.5 Å². The Kier molecular flexibility index (Phi) is 13.4. The molecule has 2 aliphatic carbocycles. The lowest BCUT2D eigenvalue weighted by Crippen LogP contribution is -2.25. The van der Waals surface area contributed by atoms with Gasteiger partial charge in [-0.05, 0) is 121 Å². The maximum absolute atomic E-state index is 14.9. The fourth-order valence-corrected chi connectivity index (χ4v) is 7.85. The molecule has 67 heavy (non-hydrogen) atoms. The average molecular weight is 944 g/mol. The third kappa shape index (κ3) is 10.9. The summed E-state index contributed by atoms with van der Waals surface area (Å²) < 4.78 is 29.6. The summed E-state index contributed by atoms with van der Waals surface area (Å²) in [6.07, 6.45) is 8.16. The highest BCUT2D eigenvalue weighted by molar-refractivity contribution is 7.14. The number of aromatic nitrogens is 4. The van der Waals surface area contributed by atoms with E-state index in [-0.39, 0.29) is 62.5 Å². The van der Waals surface area contributed by atoms with Gasteiger partial charge in [0.1, 0.15) is 17.5 Å². The number of hydrogen-bond donors (Lipinski definition) is 7. The number of carbonyl (C=O) groups excluding carboxylic acids is 5. The van der Waals surface area contributed by atoms with E-state index in [2.05, 4.69) is 46.7 Å². The lowest BCUT2D eigenvalue weighted by atomic mass is 9.92. The molecule has 0 aliphatic heterocycles. The van der Waals surface area contributed by atoms with E-state index in [1.54, 1.807) is 49.0 Å². The van der Waals surface area contributed by atoms with Crippen LogP contribution in [0.3, 0.4) is 0 Å². The standard InChI is InChI=1S/C25H21FN6O3S.C22H18FN3O4S/c1-13-18(11-15(12-20(13)26)23(34)29-16-3-4-16)17-5-2-14(22(33)30-21-6-7-28-32-21)10-19(17)24(35)31-25-27-8-9-36-25;1-11-16(9-13(10-18(11)23)19(27)25-14-3-4-14)15-5-2-12(21(29)30)8-17(15)20(28)26-22-24-6-7-31-22/h2,5-12,16H,3-4H2,1H3,(H,29,34)(H,27,31,35)(H2,28,30,32,33);2,5-10,14H,3-4H2,1H3,(H,25,27)(H,29,30)(H,24,26,28). The Bertz CT molecular complexity index is 3050. The van der Waals surface area contributed by atoms with Gasteiger partial charge >= 0.3 is 5.97 Å². The number of anilines is 3. The molecular weight excluding hydrogens is 905 g/mol. The van der Waals surface area contributed by atoms with Crippen LogP contribution in [0.15, 0.2) is 96.1 Å². The minimum absolute atomic E-state index is 0.0392. The lowest BCUT2D eigenvalue weighted by molar-refractivity contribution is 0.0695. The minimum atomic E-state index is -1.20. The summed E-state index contributed by atoms with van der Waals surface area (Å²) >= 11 is 2.45. The van der Waals surface area contributed by atoms with E-state index in [9.17, 15) is 42.7 Å². The van der Waals surface area contributed by atoms with E-state index in [0.29, 0.717) is 38.3 Å². The van der Waals surface area contributed by atoms with Crippen molar-refractivity contribution in [2.24, 2.45) is 0 Å². The Balaban J connectivity index is 0.000000184. The molecule has 340 valence electrons. The summed E-state index contributed by atoms with van der Waals surface area (Å²) in [6, 6.07) is 15.8. The van der Waals surface area contributed by atoms with Crippen molar-refractivity contribution in [2.45, 2.75) is 51.6 Å². The first-order valence-electron chi connectivity index (χ1n) is 20.7. The maximum atomic E-state index is 14.9. The van der Waals surface area contributed by atoms with Crippen molar-refractivity contribution < 1.29 is 42.7 Å². The van der Waals surface area contributed by atoms with Crippen molar-refractivity contribution >= 4 is 74.3 Å². The number of H-pyrrole nitrogens is 1. The molecule has 0 unspecified atom stereocenters. The summed E-state index contributed by atoms with van der Waals surface area (Å²) in [6.45, 7) is 3.12. The second-order valence-electron chi connectivity index (χ2n) is 15.6. The van der Waals surface area contributed by atoms with E-state index < -0.39 is 41.2 Å². The minimum Gasteiger partial charge on any atom is -0.478 e. The van der Waals surface area contributed by atoms with Gasteiger partial charge in [0, 0.05) is 69.1 Å². The number of thiazole rings is 2. The SMILES string of the molecule is Cc1c(F)cc(C(=O)NC2CC2)cc1-c1ccc(C(=O)Nc2ccn[nH]2)cc1C(=O)Nc1nccs1.Cc1c(F)cc(C(=O)NC2CC2)cc1-c1ccc(C(=O)O)cc1C(=O)Nc1nccs1.